The lowest BCUT2D eigenvalue weighted by molar-refractivity contribution is 0.444. The van der Waals surface area contributed by atoms with Crippen LogP contribution in [-0.2, 0) is 13.1 Å². The molecule has 0 saturated carbocycles. The van der Waals surface area contributed by atoms with E-state index in [2.05, 4.69) is 35.6 Å². The molecule has 0 saturated heterocycles. The van der Waals surface area contributed by atoms with E-state index in [4.69, 9.17) is 5.26 Å². The molecular weight excluding hydrogens is 865 g/mol. The number of anilines is 3. The number of nitrogens with one attached hydrogen (secondary N) is 2. The van der Waals surface area contributed by atoms with Gasteiger partial charge in [-0.05, 0) is 98.5 Å². The molecule has 0 aliphatic heterocycles. The van der Waals surface area contributed by atoms with Gasteiger partial charge in [0.1, 0.15) is 0 Å². The number of benzene rings is 4. The Bertz CT molecular complexity index is 3200. The Hall–Kier alpha value is -7.05. The summed E-state index contributed by atoms with van der Waals surface area (Å²) >= 11 is 2.96. The Balaban J connectivity index is 0.000000187. The molecule has 0 spiro atoms. The summed E-state index contributed by atoms with van der Waals surface area (Å²) in [5.41, 5.74) is 3.29. The average Bonchev–Trinajstić information content (AvgIpc) is 3.75. The zero-order chi connectivity index (χ0) is 44.6. The number of hydrogen-bond donors (Lipinski definition) is 2. The highest BCUT2D eigenvalue weighted by molar-refractivity contribution is 7.18. The molecule has 0 unspecified atom stereocenters. The lowest BCUT2D eigenvalue weighted by atomic mass is 10.2. The van der Waals surface area contributed by atoms with Crippen LogP contribution in [0.15, 0.2) is 70.7 Å². The Morgan fingerprint density at radius 1 is 0.645 bits per heavy atom. The average molecular weight is 893 g/mol. The Morgan fingerprint density at radius 2 is 1.16 bits per heavy atom. The first kappa shape index (κ1) is 43.1. The third-order valence-electron chi connectivity index (χ3n) is 9.01. The van der Waals surface area contributed by atoms with Crippen LogP contribution in [0.4, 0.5) is 58.3 Å². The van der Waals surface area contributed by atoms with Crippen molar-refractivity contribution in [1.29, 1.82) is 5.26 Å². The molecule has 21 heteroatoms. The van der Waals surface area contributed by atoms with Crippen molar-refractivity contribution >= 4 is 66.2 Å². The number of rotatable bonds is 8. The summed E-state index contributed by atoms with van der Waals surface area (Å²) in [5, 5.41) is 15.7. The topological polar surface area (TPSA) is 139 Å². The van der Waals surface area contributed by atoms with E-state index in [1.54, 1.807) is 12.3 Å². The molecule has 0 radical (unpaired) electrons. The Morgan fingerprint density at radius 3 is 1.73 bits per heavy atom. The van der Waals surface area contributed by atoms with Gasteiger partial charge in [-0.3, -0.25) is 10.1 Å². The number of aromatic nitrogens is 6. The van der Waals surface area contributed by atoms with Crippen molar-refractivity contribution in [2.75, 3.05) is 10.6 Å². The summed E-state index contributed by atoms with van der Waals surface area (Å²) in [5.74, 6) is -11.0. The maximum absolute atomic E-state index is 14.4. The molecule has 316 valence electrons. The van der Waals surface area contributed by atoms with Crippen molar-refractivity contribution in [2.24, 2.45) is 4.99 Å². The lowest BCUT2D eigenvalue weighted by Gasteiger charge is -2.15. The quantitative estimate of drug-likeness (QED) is 0.0666. The summed E-state index contributed by atoms with van der Waals surface area (Å²) in [6.07, 6.45) is 3.47. The van der Waals surface area contributed by atoms with Crippen molar-refractivity contribution in [3.05, 3.63) is 156 Å². The molecule has 62 heavy (non-hydrogen) atoms. The zero-order valence-corrected chi connectivity index (χ0v) is 34.1. The number of halogens is 8. The van der Waals surface area contributed by atoms with Crippen LogP contribution in [0, 0.1) is 85.7 Å². The first-order valence-electron chi connectivity index (χ1n) is 18.0. The molecule has 4 aromatic heterocycles. The van der Waals surface area contributed by atoms with Crippen molar-refractivity contribution < 1.29 is 35.1 Å². The van der Waals surface area contributed by atoms with Gasteiger partial charge in [0, 0.05) is 18.1 Å². The van der Waals surface area contributed by atoms with E-state index < -0.39 is 52.1 Å². The van der Waals surface area contributed by atoms with Gasteiger partial charge >= 0.3 is 5.56 Å². The monoisotopic (exact) mass is 892 g/mol. The number of fused-ring (bicyclic) bond motifs is 2. The van der Waals surface area contributed by atoms with E-state index in [0.29, 0.717) is 11.4 Å². The molecule has 8 aromatic rings. The van der Waals surface area contributed by atoms with Gasteiger partial charge in [0.05, 0.1) is 49.2 Å². The summed E-state index contributed by atoms with van der Waals surface area (Å²) in [4.78, 5) is 32.9. The molecule has 4 heterocycles. The SMILES string of the molecule is Cc1nc2cc(C)c(N=c3nc(NC#N)c(F)cn3Cc3cc(F)c(F)c(F)c3)cc2s1.Cc1nc2cc(C)c(Nc3nc(=O)c(F)cn3Cc3cc(F)c(F)c(F)c3)cc2s1. The Kier molecular flexibility index (Phi) is 12.2. The molecular formula is C41H28F8N10OS2. The number of aryl methyl sites for hydroxylation is 4. The van der Waals surface area contributed by atoms with Crippen LogP contribution in [0.5, 0.6) is 0 Å². The van der Waals surface area contributed by atoms with Gasteiger partial charge in [0.15, 0.2) is 52.7 Å². The zero-order valence-electron chi connectivity index (χ0n) is 32.5. The smallest absolute Gasteiger partial charge is 0.310 e. The highest BCUT2D eigenvalue weighted by Gasteiger charge is 2.17. The molecule has 4 aromatic carbocycles. The second kappa shape index (κ2) is 17.5. The number of hydrogen-bond acceptors (Lipinski definition) is 11. The van der Waals surface area contributed by atoms with Crippen LogP contribution in [-0.4, -0.2) is 29.1 Å². The van der Waals surface area contributed by atoms with Gasteiger partial charge in [-0.15, -0.1) is 22.7 Å². The first-order valence-corrected chi connectivity index (χ1v) is 19.6. The molecule has 0 amide bonds. The molecule has 0 aliphatic rings. The van der Waals surface area contributed by atoms with E-state index >= 15 is 0 Å². The molecule has 11 nitrogen and oxygen atoms in total. The second-order valence-electron chi connectivity index (χ2n) is 13.6. The van der Waals surface area contributed by atoms with Gasteiger partial charge in [-0.25, -0.2) is 45.7 Å². The summed E-state index contributed by atoms with van der Waals surface area (Å²) < 4.78 is 113. The normalized spacial score (nSPS) is 11.5. The van der Waals surface area contributed by atoms with Crippen molar-refractivity contribution in [3.8, 4) is 6.19 Å². The van der Waals surface area contributed by atoms with E-state index in [1.165, 1.54) is 31.8 Å². The van der Waals surface area contributed by atoms with Gasteiger partial charge in [-0.1, -0.05) is 0 Å². The van der Waals surface area contributed by atoms with Crippen LogP contribution < -0.4 is 21.8 Å². The van der Waals surface area contributed by atoms with Gasteiger partial charge in [0.2, 0.25) is 17.4 Å². The van der Waals surface area contributed by atoms with Gasteiger partial charge in [-0.2, -0.15) is 19.6 Å². The molecule has 0 atom stereocenters. The van der Waals surface area contributed by atoms with Crippen LogP contribution in [0.1, 0.15) is 32.3 Å². The summed E-state index contributed by atoms with van der Waals surface area (Å²) in [6, 6.07) is 10.6. The maximum Gasteiger partial charge on any atom is 0.310 e. The van der Waals surface area contributed by atoms with Crippen LogP contribution in [0.2, 0.25) is 0 Å². The molecule has 0 bridgehead atoms. The van der Waals surface area contributed by atoms with Crippen molar-refractivity contribution in [2.45, 2.75) is 40.8 Å². The third-order valence-corrected chi connectivity index (χ3v) is 10.9. The molecule has 0 fully saturated rings. The summed E-state index contributed by atoms with van der Waals surface area (Å²) in [7, 11) is 0. The van der Waals surface area contributed by atoms with E-state index in [1.807, 2.05) is 45.9 Å². The first-order chi connectivity index (χ1) is 29.5. The predicted octanol–water partition coefficient (Wildman–Crippen LogP) is 9.66. The lowest BCUT2D eigenvalue weighted by Crippen LogP contribution is -2.26. The predicted molar refractivity (Wildman–Crippen MR) is 217 cm³/mol. The standard InChI is InChI=1S/C21H14F4N6S.C20H14F4N4OS/c1-10-3-17-18(32-11(2)28-17)6-16(10)29-21-30-20(27-9-26)15(24)8-31(21)7-12-4-13(22)19(25)14(23)5-12;1-9-3-16-17(30-10(2)25-16)6-15(9)26-20-27-19(29)14(23)8-28(20)7-11-4-12(21)18(24)13(22)5-11/h3-6,8H,7H2,1-2H3,(H,27,29,30);3-6,8H,7H2,1-2H3,(H,26,27,29). The molecule has 2 N–H and O–H groups in total. The fourth-order valence-corrected chi connectivity index (χ4v) is 7.85. The highest BCUT2D eigenvalue weighted by Crippen LogP contribution is 2.31. The fraction of sp³-hybridized carbons (Fsp3) is 0.146. The Labute approximate surface area is 353 Å². The van der Waals surface area contributed by atoms with Crippen LogP contribution in [0.25, 0.3) is 20.4 Å². The largest absolute Gasteiger partial charge is 0.325 e. The van der Waals surface area contributed by atoms with Crippen molar-refractivity contribution in [1.82, 2.24) is 29.1 Å². The van der Waals surface area contributed by atoms with E-state index in [9.17, 15) is 39.9 Å². The third kappa shape index (κ3) is 9.30. The molecule has 8 rings (SSSR count). The van der Waals surface area contributed by atoms with Crippen LogP contribution in [0.3, 0.4) is 0 Å². The molecule has 0 aliphatic carbocycles. The number of nitriles is 1. The van der Waals surface area contributed by atoms with E-state index in [0.717, 1.165) is 78.2 Å². The van der Waals surface area contributed by atoms with Crippen molar-refractivity contribution in [3.63, 3.8) is 0 Å². The van der Waals surface area contributed by atoms with E-state index in [-0.39, 0.29) is 41.6 Å². The minimum Gasteiger partial charge on any atom is -0.325 e. The maximum atomic E-state index is 14.4. The summed E-state index contributed by atoms with van der Waals surface area (Å²) in [6.45, 7) is 6.92. The van der Waals surface area contributed by atoms with Crippen LogP contribution >= 0.6 is 22.7 Å². The minimum absolute atomic E-state index is 0.0296. The fourth-order valence-electron chi connectivity index (χ4n) is 6.16. The minimum atomic E-state index is -1.59. The van der Waals surface area contributed by atoms with Gasteiger partial charge < -0.3 is 14.5 Å². The number of thiazole rings is 2. The second-order valence-corrected chi connectivity index (χ2v) is 16.1. The van der Waals surface area contributed by atoms with Gasteiger partial charge in [0.25, 0.3) is 0 Å². The highest BCUT2D eigenvalue weighted by atomic mass is 32.1. The number of nitrogens with zero attached hydrogens (tertiary/aromatic N) is 8.